The molecule has 1 N–H and O–H groups in total. The number of aliphatic hydroxyl groups excluding tert-OH is 1. The van der Waals surface area contributed by atoms with E-state index in [-0.39, 0.29) is 6.10 Å². The van der Waals surface area contributed by atoms with E-state index in [1.807, 2.05) is 0 Å². The van der Waals surface area contributed by atoms with Gasteiger partial charge in [-0.2, -0.15) is 0 Å². The van der Waals surface area contributed by atoms with E-state index in [0.29, 0.717) is 11.8 Å². The number of methoxy groups -OCH3 is 1. The molecule has 0 spiro atoms. The molecule has 1 aliphatic carbocycles. The predicted octanol–water partition coefficient (Wildman–Crippen LogP) is 2.43. The summed E-state index contributed by atoms with van der Waals surface area (Å²) in [5, 5.41) is 10.4. The summed E-state index contributed by atoms with van der Waals surface area (Å²) in [6.45, 7) is 2.85. The Morgan fingerprint density at radius 3 is 2.41 bits per heavy atom. The van der Waals surface area contributed by atoms with Crippen LogP contribution in [0.4, 0.5) is 0 Å². The molecular weight excluding hydrogens is 212 g/mol. The van der Waals surface area contributed by atoms with Crippen molar-refractivity contribution in [2.24, 2.45) is 11.8 Å². The quantitative estimate of drug-likeness (QED) is 0.848. The molecule has 1 aromatic carbocycles. The zero-order valence-corrected chi connectivity index (χ0v) is 10.7. The predicted molar refractivity (Wildman–Crippen MR) is 69.0 cm³/mol. The molecule has 0 aliphatic heterocycles. The topological polar surface area (TPSA) is 29.5 Å². The van der Waals surface area contributed by atoms with E-state index in [1.54, 1.807) is 7.11 Å². The minimum atomic E-state index is -0.211. The third kappa shape index (κ3) is 2.88. The molecule has 2 atom stereocenters. The largest absolute Gasteiger partial charge is 0.393 e. The molecule has 0 fully saturated rings. The van der Waals surface area contributed by atoms with Crippen LogP contribution < -0.4 is 0 Å². The Balaban J connectivity index is 1.93. The van der Waals surface area contributed by atoms with Crippen LogP contribution in [0.15, 0.2) is 24.3 Å². The second kappa shape index (κ2) is 5.65. The molecule has 2 rings (SSSR count). The number of fused-ring (bicyclic) bond motifs is 1. The van der Waals surface area contributed by atoms with E-state index in [4.69, 9.17) is 4.74 Å². The Labute approximate surface area is 104 Å². The van der Waals surface area contributed by atoms with Crippen LogP contribution in [-0.4, -0.2) is 24.9 Å². The Hall–Kier alpha value is -0.860. The lowest BCUT2D eigenvalue weighted by molar-refractivity contribution is 0.0449. The Morgan fingerprint density at radius 2 is 1.88 bits per heavy atom. The molecule has 1 aromatic rings. The van der Waals surface area contributed by atoms with E-state index in [1.165, 1.54) is 11.1 Å². The monoisotopic (exact) mass is 234 g/mol. The first kappa shape index (κ1) is 12.6. The highest BCUT2D eigenvalue weighted by atomic mass is 16.5. The first-order valence-corrected chi connectivity index (χ1v) is 6.46. The third-order valence-electron chi connectivity index (χ3n) is 3.93. The van der Waals surface area contributed by atoms with Gasteiger partial charge in [0.25, 0.3) is 0 Å². The average molecular weight is 234 g/mol. The molecule has 2 nitrogen and oxygen atoms in total. The van der Waals surface area contributed by atoms with Gasteiger partial charge in [0.2, 0.25) is 0 Å². The molecule has 0 radical (unpaired) electrons. The van der Waals surface area contributed by atoms with Crippen molar-refractivity contribution in [2.75, 3.05) is 13.7 Å². The molecule has 1 aliphatic rings. The van der Waals surface area contributed by atoms with E-state index in [2.05, 4.69) is 31.2 Å². The van der Waals surface area contributed by atoms with E-state index >= 15 is 0 Å². The standard InChI is InChI=1S/C15H22O2/c1-11(7-8-17-2)15(16)14-9-12-5-3-4-6-13(12)10-14/h3-6,11,14-16H,7-10H2,1-2H3. The lowest BCUT2D eigenvalue weighted by Gasteiger charge is -2.24. The van der Waals surface area contributed by atoms with E-state index in [9.17, 15) is 5.11 Å². The van der Waals surface area contributed by atoms with Gasteiger partial charge in [0, 0.05) is 13.7 Å². The minimum Gasteiger partial charge on any atom is -0.393 e. The van der Waals surface area contributed by atoms with Crippen LogP contribution in [0.5, 0.6) is 0 Å². The smallest absolute Gasteiger partial charge is 0.0601 e. The summed E-state index contributed by atoms with van der Waals surface area (Å²) in [6, 6.07) is 8.54. The molecule has 0 aromatic heterocycles. The molecule has 0 heterocycles. The number of hydrogen-bond acceptors (Lipinski definition) is 2. The fraction of sp³-hybridized carbons (Fsp3) is 0.600. The second-order valence-electron chi connectivity index (χ2n) is 5.19. The summed E-state index contributed by atoms with van der Waals surface area (Å²) >= 11 is 0. The van der Waals surface area contributed by atoms with Gasteiger partial charge in [-0.3, -0.25) is 0 Å². The zero-order chi connectivity index (χ0) is 12.3. The van der Waals surface area contributed by atoms with E-state index < -0.39 is 0 Å². The van der Waals surface area contributed by atoms with Gasteiger partial charge in [-0.05, 0) is 42.2 Å². The van der Waals surface area contributed by atoms with Gasteiger partial charge in [0.05, 0.1) is 6.10 Å². The van der Waals surface area contributed by atoms with Crippen LogP contribution in [0, 0.1) is 11.8 Å². The minimum absolute atomic E-state index is 0.211. The number of ether oxygens (including phenoxy) is 1. The van der Waals surface area contributed by atoms with Crippen molar-refractivity contribution in [2.45, 2.75) is 32.3 Å². The highest BCUT2D eigenvalue weighted by Crippen LogP contribution is 2.31. The maximum Gasteiger partial charge on any atom is 0.0601 e. The number of rotatable bonds is 5. The van der Waals surface area contributed by atoms with Crippen LogP contribution in [0.1, 0.15) is 24.5 Å². The van der Waals surface area contributed by atoms with Crippen molar-refractivity contribution in [3.63, 3.8) is 0 Å². The molecule has 0 amide bonds. The van der Waals surface area contributed by atoms with Crippen molar-refractivity contribution < 1.29 is 9.84 Å². The first-order chi connectivity index (χ1) is 8.22. The maximum absolute atomic E-state index is 10.4. The molecule has 0 saturated heterocycles. The number of aliphatic hydroxyl groups is 1. The summed E-state index contributed by atoms with van der Waals surface area (Å²) in [4.78, 5) is 0. The van der Waals surface area contributed by atoms with Gasteiger partial charge in [0.15, 0.2) is 0 Å². The van der Waals surface area contributed by atoms with Gasteiger partial charge in [-0.1, -0.05) is 31.2 Å². The van der Waals surface area contributed by atoms with Crippen molar-refractivity contribution in [1.82, 2.24) is 0 Å². The lowest BCUT2D eigenvalue weighted by atomic mass is 9.88. The number of benzene rings is 1. The summed E-state index contributed by atoms with van der Waals surface area (Å²) in [7, 11) is 1.71. The summed E-state index contributed by atoms with van der Waals surface area (Å²) in [6.07, 6.45) is 2.77. The van der Waals surface area contributed by atoms with Crippen molar-refractivity contribution in [3.05, 3.63) is 35.4 Å². The highest BCUT2D eigenvalue weighted by molar-refractivity contribution is 5.32. The van der Waals surface area contributed by atoms with Crippen LogP contribution >= 0.6 is 0 Å². The van der Waals surface area contributed by atoms with Crippen molar-refractivity contribution >= 4 is 0 Å². The maximum atomic E-state index is 10.4. The molecule has 94 valence electrons. The fourth-order valence-corrected chi connectivity index (χ4v) is 2.77. The molecule has 17 heavy (non-hydrogen) atoms. The van der Waals surface area contributed by atoms with Gasteiger partial charge in [0.1, 0.15) is 0 Å². The van der Waals surface area contributed by atoms with Gasteiger partial charge >= 0.3 is 0 Å². The van der Waals surface area contributed by atoms with E-state index in [0.717, 1.165) is 25.9 Å². The lowest BCUT2D eigenvalue weighted by Crippen LogP contribution is -2.28. The first-order valence-electron chi connectivity index (χ1n) is 6.46. The van der Waals surface area contributed by atoms with Crippen molar-refractivity contribution in [3.8, 4) is 0 Å². The molecule has 2 heteroatoms. The average Bonchev–Trinajstić information content (AvgIpc) is 2.78. The SMILES string of the molecule is COCCC(C)C(O)C1Cc2ccccc2C1. The molecule has 2 unspecified atom stereocenters. The zero-order valence-electron chi connectivity index (χ0n) is 10.7. The summed E-state index contributed by atoms with van der Waals surface area (Å²) in [5.74, 6) is 0.702. The van der Waals surface area contributed by atoms with Crippen LogP contribution in [-0.2, 0) is 17.6 Å². The van der Waals surface area contributed by atoms with Gasteiger partial charge in [-0.15, -0.1) is 0 Å². The Bertz CT molecular complexity index is 337. The molecule has 0 bridgehead atoms. The summed E-state index contributed by atoms with van der Waals surface area (Å²) in [5.41, 5.74) is 2.82. The van der Waals surface area contributed by atoms with Crippen LogP contribution in [0.3, 0.4) is 0 Å². The van der Waals surface area contributed by atoms with Gasteiger partial charge < -0.3 is 9.84 Å². The molecule has 0 saturated carbocycles. The van der Waals surface area contributed by atoms with Crippen LogP contribution in [0.25, 0.3) is 0 Å². The Morgan fingerprint density at radius 1 is 1.29 bits per heavy atom. The highest BCUT2D eigenvalue weighted by Gasteiger charge is 2.30. The Kier molecular flexibility index (Phi) is 4.19. The van der Waals surface area contributed by atoms with Crippen molar-refractivity contribution in [1.29, 1.82) is 0 Å². The fourth-order valence-electron chi connectivity index (χ4n) is 2.77. The molecular formula is C15H22O2. The summed E-state index contributed by atoms with van der Waals surface area (Å²) < 4.78 is 5.08. The normalized spacial score (nSPS) is 19.0. The third-order valence-corrected chi connectivity index (χ3v) is 3.93. The van der Waals surface area contributed by atoms with Crippen LogP contribution in [0.2, 0.25) is 0 Å². The van der Waals surface area contributed by atoms with Gasteiger partial charge in [-0.25, -0.2) is 0 Å². The number of hydrogen-bond donors (Lipinski definition) is 1. The second-order valence-corrected chi connectivity index (χ2v) is 5.19.